The Bertz CT molecular complexity index is 385. The van der Waals surface area contributed by atoms with Gasteiger partial charge in [0.2, 0.25) is 0 Å². The molecule has 2 N–H and O–H groups in total. The quantitative estimate of drug-likeness (QED) is 0.802. The van der Waals surface area contributed by atoms with Crippen LogP contribution in [0.2, 0.25) is 0 Å². The first kappa shape index (κ1) is 15.9. The van der Waals surface area contributed by atoms with E-state index in [4.69, 9.17) is 0 Å². The molecule has 1 rings (SSSR count). The average molecular weight is 273 g/mol. The minimum absolute atomic E-state index is 0.0327. The molecule has 19 heavy (non-hydrogen) atoms. The summed E-state index contributed by atoms with van der Waals surface area (Å²) < 4.78 is 28.7. The third kappa shape index (κ3) is 5.12. The predicted octanol–water partition coefficient (Wildman–Crippen LogP) is 2.96. The molecule has 0 amide bonds. The van der Waals surface area contributed by atoms with E-state index < -0.39 is 6.61 Å². The molecule has 1 aromatic carbocycles. The third-order valence-corrected chi connectivity index (χ3v) is 3.05. The van der Waals surface area contributed by atoms with Crippen LogP contribution in [0.25, 0.3) is 0 Å². The van der Waals surface area contributed by atoms with Crippen molar-refractivity contribution < 1.29 is 18.6 Å². The van der Waals surface area contributed by atoms with Crippen LogP contribution in [0.4, 0.5) is 8.78 Å². The molecule has 0 aliphatic rings. The maximum Gasteiger partial charge on any atom is 0.387 e. The summed E-state index contributed by atoms with van der Waals surface area (Å²) in [4.78, 5) is 0. The highest BCUT2D eigenvalue weighted by molar-refractivity contribution is 5.30. The Morgan fingerprint density at radius 1 is 1.26 bits per heavy atom. The molecule has 0 fully saturated rings. The fourth-order valence-electron chi connectivity index (χ4n) is 1.83. The van der Waals surface area contributed by atoms with Crippen molar-refractivity contribution in [3.63, 3.8) is 0 Å². The molecule has 0 saturated carbocycles. The van der Waals surface area contributed by atoms with Gasteiger partial charge in [0.05, 0.1) is 6.61 Å². The van der Waals surface area contributed by atoms with Crippen LogP contribution < -0.4 is 10.1 Å². The molecule has 0 heterocycles. The number of nitrogens with one attached hydrogen (secondary N) is 1. The van der Waals surface area contributed by atoms with Gasteiger partial charge in [0.25, 0.3) is 0 Å². The zero-order chi connectivity index (χ0) is 14.4. The van der Waals surface area contributed by atoms with E-state index in [1.54, 1.807) is 12.1 Å². The molecule has 5 heteroatoms. The van der Waals surface area contributed by atoms with Gasteiger partial charge in [-0.25, -0.2) is 0 Å². The van der Waals surface area contributed by atoms with Gasteiger partial charge in [-0.2, -0.15) is 8.78 Å². The van der Waals surface area contributed by atoms with Crippen LogP contribution in [0.3, 0.4) is 0 Å². The molecule has 3 nitrogen and oxygen atoms in total. The summed E-state index contributed by atoms with van der Waals surface area (Å²) in [6.07, 6.45) is 0. The van der Waals surface area contributed by atoms with Gasteiger partial charge >= 0.3 is 6.61 Å². The van der Waals surface area contributed by atoms with E-state index in [9.17, 15) is 13.9 Å². The SMILES string of the molecule is CC(N[C@H](CO)C(C)C)c1cccc(OC(F)F)c1. The Morgan fingerprint density at radius 3 is 2.47 bits per heavy atom. The Hall–Kier alpha value is -1.20. The van der Waals surface area contributed by atoms with Crippen LogP contribution in [0.15, 0.2) is 24.3 Å². The van der Waals surface area contributed by atoms with Crippen LogP contribution in [-0.2, 0) is 0 Å². The summed E-state index contributed by atoms with van der Waals surface area (Å²) in [5.41, 5.74) is 0.845. The van der Waals surface area contributed by atoms with E-state index in [2.05, 4.69) is 10.1 Å². The van der Waals surface area contributed by atoms with Gasteiger partial charge in [-0.05, 0) is 30.5 Å². The fourth-order valence-corrected chi connectivity index (χ4v) is 1.83. The first-order valence-electron chi connectivity index (χ1n) is 6.35. The second kappa shape index (κ2) is 7.40. The van der Waals surface area contributed by atoms with Crippen LogP contribution >= 0.6 is 0 Å². The number of ether oxygens (including phenoxy) is 1. The highest BCUT2D eigenvalue weighted by Gasteiger charge is 2.16. The number of alkyl halides is 2. The molecule has 108 valence electrons. The molecule has 0 radical (unpaired) electrons. The van der Waals surface area contributed by atoms with E-state index in [1.807, 2.05) is 26.8 Å². The Labute approximate surface area is 112 Å². The number of aliphatic hydroxyl groups excluding tert-OH is 1. The molecule has 1 aromatic rings. The van der Waals surface area contributed by atoms with Crippen molar-refractivity contribution in [3.8, 4) is 5.75 Å². The highest BCUT2D eigenvalue weighted by Crippen LogP contribution is 2.21. The number of hydrogen-bond donors (Lipinski definition) is 2. The number of aliphatic hydroxyl groups is 1. The smallest absolute Gasteiger partial charge is 0.387 e. The summed E-state index contributed by atoms with van der Waals surface area (Å²) in [5, 5.41) is 12.5. The van der Waals surface area contributed by atoms with Crippen molar-refractivity contribution >= 4 is 0 Å². The van der Waals surface area contributed by atoms with Gasteiger partial charge in [0, 0.05) is 12.1 Å². The number of hydrogen-bond acceptors (Lipinski definition) is 3. The zero-order valence-corrected chi connectivity index (χ0v) is 11.4. The lowest BCUT2D eigenvalue weighted by Crippen LogP contribution is -2.38. The predicted molar refractivity (Wildman–Crippen MR) is 70.3 cm³/mol. The summed E-state index contributed by atoms with van der Waals surface area (Å²) in [7, 11) is 0. The van der Waals surface area contributed by atoms with Gasteiger partial charge in [-0.3, -0.25) is 0 Å². The van der Waals surface area contributed by atoms with Crippen LogP contribution in [0.1, 0.15) is 32.4 Å². The molecule has 1 unspecified atom stereocenters. The molecule has 0 aromatic heterocycles. The molecular formula is C14H21F2NO2. The topological polar surface area (TPSA) is 41.5 Å². The minimum Gasteiger partial charge on any atom is -0.435 e. The Morgan fingerprint density at radius 2 is 1.95 bits per heavy atom. The van der Waals surface area contributed by atoms with Crippen LogP contribution in [0, 0.1) is 5.92 Å². The van der Waals surface area contributed by atoms with E-state index in [0.29, 0.717) is 0 Å². The molecule has 0 spiro atoms. The highest BCUT2D eigenvalue weighted by atomic mass is 19.3. The van der Waals surface area contributed by atoms with Gasteiger partial charge in [0.15, 0.2) is 0 Å². The second-order valence-electron chi connectivity index (χ2n) is 4.87. The van der Waals surface area contributed by atoms with Crippen molar-refractivity contribution in [1.82, 2.24) is 5.32 Å². The van der Waals surface area contributed by atoms with Crippen molar-refractivity contribution in [3.05, 3.63) is 29.8 Å². The molecular weight excluding hydrogens is 252 g/mol. The second-order valence-corrected chi connectivity index (χ2v) is 4.87. The Kier molecular flexibility index (Phi) is 6.18. The molecule has 0 aliphatic carbocycles. The molecule has 0 saturated heterocycles. The Balaban J connectivity index is 2.73. The number of rotatable bonds is 7. The van der Waals surface area contributed by atoms with Crippen molar-refractivity contribution in [2.45, 2.75) is 39.5 Å². The number of halogens is 2. The largest absolute Gasteiger partial charge is 0.435 e. The normalized spacial score (nSPS) is 14.7. The maximum atomic E-state index is 12.2. The van der Waals surface area contributed by atoms with Gasteiger partial charge in [-0.15, -0.1) is 0 Å². The van der Waals surface area contributed by atoms with E-state index in [0.717, 1.165) is 5.56 Å². The average Bonchev–Trinajstić information content (AvgIpc) is 2.34. The van der Waals surface area contributed by atoms with E-state index in [1.165, 1.54) is 6.07 Å². The first-order valence-corrected chi connectivity index (χ1v) is 6.35. The van der Waals surface area contributed by atoms with E-state index >= 15 is 0 Å². The summed E-state index contributed by atoms with van der Waals surface area (Å²) in [6, 6.07) is 6.50. The van der Waals surface area contributed by atoms with Gasteiger partial charge in [-0.1, -0.05) is 26.0 Å². The molecule has 0 aliphatic heterocycles. The summed E-state index contributed by atoms with van der Waals surface area (Å²) in [5.74, 6) is 0.430. The lowest BCUT2D eigenvalue weighted by molar-refractivity contribution is -0.0499. The number of benzene rings is 1. The van der Waals surface area contributed by atoms with Crippen molar-refractivity contribution in [2.75, 3.05) is 6.61 Å². The van der Waals surface area contributed by atoms with Gasteiger partial charge in [0.1, 0.15) is 5.75 Å². The lowest BCUT2D eigenvalue weighted by Gasteiger charge is -2.25. The lowest BCUT2D eigenvalue weighted by atomic mass is 10.0. The maximum absolute atomic E-state index is 12.2. The third-order valence-electron chi connectivity index (χ3n) is 3.05. The van der Waals surface area contributed by atoms with Gasteiger partial charge < -0.3 is 15.2 Å². The van der Waals surface area contributed by atoms with Crippen LogP contribution in [-0.4, -0.2) is 24.4 Å². The monoisotopic (exact) mass is 273 g/mol. The standard InChI is InChI=1S/C14H21F2NO2/c1-9(2)13(8-18)17-10(3)11-5-4-6-12(7-11)19-14(15)16/h4-7,9-10,13-14,17-18H,8H2,1-3H3/t10?,13-/m1/s1. The van der Waals surface area contributed by atoms with Crippen molar-refractivity contribution in [1.29, 1.82) is 0 Å². The van der Waals surface area contributed by atoms with Crippen LogP contribution in [0.5, 0.6) is 5.75 Å². The first-order chi connectivity index (χ1) is 8.93. The van der Waals surface area contributed by atoms with Crippen molar-refractivity contribution in [2.24, 2.45) is 5.92 Å². The summed E-state index contributed by atoms with van der Waals surface area (Å²) in [6.45, 7) is 3.16. The molecule has 0 bridgehead atoms. The minimum atomic E-state index is -2.82. The zero-order valence-electron chi connectivity index (χ0n) is 11.4. The fraction of sp³-hybridized carbons (Fsp3) is 0.571. The summed E-state index contributed by atoms with van der Waals surface area (Å²) >= 11 is 0. The molecule has 2 atom stereocenters. The van der Waals surface area contributed by atoms with E-state index in [-0.39, 0.29) is 30.4 Å².